The van der Waals surface area contributed by atoms with Crippen molar-refractivity contribution in [2.24, 2.45) is 11.1 Å². The van der Waals surface area contributed by atoms with Crippen LogP contribution in [-0.4, -0.2) is 37.7 Å². The summed E-state index contributed by atoms with van der Waals surface area (Å²) in [6.45, 7) is 11.0. The van der Waals surface area contributed by atoms with E-state index in [0.29, 0.717) is 19.2 Å². The molecule has 1 unspecified atom stereocenters. The normalized spacial score (nSPS) is 12.7. The molecule has 1 atom stereocenters. The molecular formula is C18H28N2O. The zero-order valence-corrected chi connectivity index (χ0v) is 13.9. The Morgan fingerprint density at radius 2 is 2.05 bits per heavy atom. The van der Waals surface area contributed by atoms with Crippen molar-refractivity contribution in [2.75, 3.05) is 26.7 Å². The van der Waals surface area contributed by atoms with Gasteiger partial charge in [0.1, 0.15) is 12.4 Å². The lowest BCUT2D eigenvalue weighted by Gasteiger charge is -2.35. The van der Waals surface area contributed by atoms with E-state index in [2.05, 4.69) is 51.5 Å². The molecule has 0 aliphatic rings. The fraction of sp³-hybridized carbons (Fsp3) is 0.556. The van der Waals surface area contributed by atoms with Crippen LogP contribution >= 0.6 is 0 Å². The van der Waals surface area contributed by atoms with Gasteiger partial charge in [0.15, 0.2) is 0 Å². The van der Waals surface area contributed by atoms with Crippen molar-refractivity contribution in [3.63, 3.8) is 0 Å². The SMILES string of the molecule is CC(N(C)CCOc1cccc(C#CCN)c1)C(C)(C)C. The van der Waals surface area contributed by atoms with Crippen molar-refractivity contribution in [3.05, 3.63) is 29.8 Å². The average Bonchev–Trinajstić information content (AvgIpc) is 2.43. The molecule has 2 N–H and O–H groups in total. The number of benzene rings is 1. The predicted octanol–water partition coefficient (Wildman–Crippen LogP) is 2.74. The van der Waals surface area contributed by atoms with Crippen LogP contribution in [0.25, 0.3) is 0 Å². The van der Waals surface area contributed by atoms with E-state index < -0.39 is 0 Å². The molecule has 0 heterocycles. The number of hydrogen-bond acceptors (Lipinski definition) is 3. The second kappa shape index (κ2) is 8.07. The Morgan fingerprint density at radius 3 is 2.67 bits per heavy atom. The molecule has 0 bridgehead atoms. The van der Waals surface area contributed by atoms with Gasteiger partial charge in [-0.25, -0.2) is 0 Å². The van der Waals surface area contributed by atoms with E-state index in [-0.39, 0.29) is 5.41 Å². The molecule has 0 fully saturated rings. The second-order valence-electron chi connectivity index (χ2n) is 6.40. The molecule has 0 radical (unpaired) electrons. The van der Waals surface area contributed by atoms with E-state index in [1.54, 1.807) is 0 Å². The van der Waals surface area contributed by atoms with Gasteiger partial charge in [0.25, 0.3) is 0 Å². The Bertz CT molecular complexity index is 494. The van der Waals surface area contributed by atoms with Crippen LogP contribution in [0, 0.1) is 17.3 Å². The van der Waals surface area contributed by atoms with Crippen LogP contribution in [-0.2, 0) is 0 Å². The van der Waals surface area contributed by atoms with Crippen LogP contribution in [0.2, 0.25) is 0 Å². The highest BCUT2D eigenvalue weighted by molar-refractivity contribution is 5.39. The maximum atomic E-state index is 5.82. The quantitative estimate of drug-likeness (QED) is 0.847. The van der Waals surface area contributed by atoms with Crippen molar-refractivity contribution in [2.45, 2.75) is 33.7 Å². The topological polar surface area (TPSA) is 38.5 Å². The Kier molecular flexibility index (Phi) is 6.74. The molecule has 0 saturated carbocycles. The van der Waals surface area contributed by atoms with Crippen LogP contribution < -0.4 is 10.5 Å². The number of ether oxygens (including phenoxy) is 1. The summed E-state index contributed by atoms with van der Waals surface area (Å²) in [6, 6.07) is 8.33. The van der Waals surface area contributed by atoms with E-state index >= 15 is 0 Å². The molecule has 0 aromatic heterocycles. The summed E-state index contributed by atoms with van der Waals surface area (Å²) < 4.78 is 5.82. The molecule has 1 rings (SSSR count). The molecule has 21 heavy (non-hydrogen) atoms. The van der Waals surface area contributed by atoms with Gasteiger partial charge in [-0.3, -0.25) is 4.90 Å². The third kappa shape index (κ3) is 6.20. The van der Waals surface area contributed by atoms with E-state index in [1.807, 2.05) is 24.3 Å². The maximum absolute atomic E-state index is 5.82. The third-order valence-corrected chi connectivity index (χ3v) is 3.80. The molecule has 0 aliphatic heterocycles. The average molecular weight is 288 g/mol. The largest absolute Gasteiger partial charge is 0.492 e. The minimum Gasteiger partial charge on any atom is -0.492 e. The third-order valence-electron chi connectivity index (χ3n) is 3.80. The van der Waals surface area contributed by atoms with Gasteiger partial charge >= 0.3 is 0 Å². The molecule has 0 amide bonds. The van der Waals surface area contributed by atoms with Gasteiger partial charge in [0, 0.05) is 18.2 Å². The van der Waals surface area contributed by atoms with Crippen molar-refractivity contribution < 1.29 is 4.74 Å². The zero-order valence-electron chi connectivity index (χ0n) is 13.9. The molecule has 116 valence electrons. The number of likely N-dealkylation sites (N-methyl/N-ethyl adjacent to an activating group) is 1. The standard InChI is InChI=1S/C18H28N2O/c1-15(18(2,3)4)20(5)12-13-21-17-10-6-8-16(14-17)9-7-11-19/h6,8,10,14-15H,11-13,19H2,1-5H3. The molecule has 3 heteroatoms. The molecular weight excluding hydrogens is 260 g/mol. The fourth-order valence-corrected chi connectivity index (χ4v) is 1.98. The molecule has 0 aliphatic carbocycles. The molecule has 3 nitrogen and oxygen atoms in total. The number of rotatable bonds is 5. The van der Waals surface area contributed by atoms with E-state index in [4.69, 9.17) is 10.5 Å². The smallest absolute Gasteiger partial charge is 0.120 e. The van der Waals surface area contributed by atoms with Gasteiger partial charge in [0.2, 0.25) is 0 Å². The van der Waals surface area contributed by atoms with Crippen molar-refractivity contribution in [3.8, 4) is 17.6 Å². The molecule has 1 aromatic rings. The zero-order chi connectivity index (χ0) is 15.9. The maximum Gasteiger partial charge on any atom is 0.120 e. The minimum atomic E-state index is 0.270. The van der Waals surface area contributed by atoms with Crippen LogP contribution in [0.1, 0.15) is 33.3 Å². The number of nitrogens with two attached hydrogens (primary N) is 1. The molecule has 0 saturated heterocycles. The first-order chi connectivity index (χ1) is 9.84. The number of nitrogens with zero attached hydrogens (tertiary/aromatic N) is 1. The Labute approximate surface area is 129 Å². The van der Waals surface area contributed by atoms with Gasteiger partial charge in [-0.05, 0) is 37.6 Å². The van der Waals surface area contributed by atoms with Gasteiger partial charge < -0.3 is 10.5 Å². The van der Waals surface area contributed by atoms with E-state index in [0.717, 1.165) is 17.9 Å². The summed E-state index contributed by atoms with van der Waals surface area (Å²) in [7, 11) is 2.14. The summed E-state index contributed by atoms with van der Waals surface area (Å²) in [6.07, 6.45) is 0. The second-order valence-corrected chi connectivity index (χ2v) is 6.40. The first-order valence-corrected chi connectivity index (χ1v) is 7.46. The summed E-state index contributed by atoms with van der Waals surface area (Å²) in [4.78, 5) is 2.33. The lowest BCUT2D eigenvalue weighted by molar-refractivity contribution is 0.121. The lowest BCUT2D eigenvalue weighted by Crippen LogP contribution is -2.41. The molecule has 0 spiro atoms. The first kappa shape index (κ1) is 17.6. The van der Waals surface area contributed by atoms with Gasteiger partial charge in [0.05, 0.1) is 6.54 Å². The Hall–Kier alpha value is -1.50. The Balaban J connectivity index is 2.49. The number of hydrogen-bond donors (Lipinski definition) is 1. The van der Waals surface area contributed by atoms with Crippen LogP contribution in [0.4, 0.5) is 0 Å². The van der Waals surface area contributed by atoms with Crippen molar-refractivity contribution in [1.29, 1.82) is 0 Å². The van der Waals surface area contributed by atoms with E-state index in [9.17, 15) is 0 Å². The summed E-state index contributed by atoms with van der Waals surface area (Å²) in [5, 5.41) is 0. The van der Waals surface area contributed by atoms with Gasteiger partial charge in [-0.15, -0.1) is 0 Å². The van der Waals surface area contributed by atoms with Crippen molar-refractivity contribution >= 4 is 0 Å². The monoisotopic (exact) mass is 288 g/mol. The van der Waals surface area contributed by atoms with E-state index in [1.165, 1.54) is 0 Å². The highest BCUT2D eigenvalue weighted by Crippen LogP contribution is 2.22. The Morgan fingerprint density at radius 1 is 1.33 bits per heavy atom. The van der Waals surface area contributed by atoms with Crippen LogP contribution in [0.5, 0.6) is 5.75 Å². The highest BCUT2D eigenvalue weighted by Gasteiger charge is 2.23. The van der Waals surface area contributed by atoms with Crippen LogP contribution in [0.15, 0.2) is 24.3 Å². The minimum absolute atomic E-state index is 0.270. The lowest BCUT2D eigenvalue weighted by atomic mass is 9.87. The molecule has 1 aromatic carbocycles. The summed E-state index contributed by atoms with van der Waals surface area (Å²) in [5.41, 5.74) is 6.59. The summed E-state index contributed by atoms with van der Waals surface area (Å²) in [5.74, 6) is 6.73. The highest BCUT2D eigenvalue weighted by atomic mass is 16.5. The summed E-state index contributed by atoms with van der Waals surface area (Å²) >= 11 is 0. The van der Waals surface area contributed by atoms with Gasteiger partial charge in [-0.1, -0.05) is 38.7 Å². The van der Waals surface area contributed by atoms with Gasteiger partial charge in [-0.2, -0.15) is 0 Å². The predicted molar refractivity (Wildman–Crippen MR) is 89.4 cm³/mol. The fourth-order valence-electron chi connectivity index (χ4n) is 1.98. The van der Waals surface area contributed by atoms with Crippen molar-refractivity contribution in [1.82, 2.24) is 4.90 Å². The first-order valence-electron chi connectivity index (χ1n) is 7.46. The van der Waals surface area contributed by atoms with Crippen LogP contribution in [0.3, 0.4) is 0 Å².